The van der Waals surface area contributed by atoms with Gasteiger partial charge in [0.15, 0.2) is 5.25 Å². The van der Waals surface area contributed by atoms with E-state index in [1.807, 2.05) is 24.3 Å². The summed E-state index contributed by atoms with van der Waals surface area (Å²) in [4.78, 5) is 12.4. The van der Waals surface area contributed by atoms with Crippen molar-refractivity contribution in [1.82, 2.24) is 5.32 Å². The molecule has 0 aromatic heterocycles. The highest BCUT2D eigenvalue weighted by atomic mass is 35.5. The Bertz CT molecular complexity index is 1410. The summed E-state index contributed by atoms with van der Waals surface area (Å²) in [6, 6.07) is 18.0. The molecule has 0 spiro atoms. The van der Waals surface area contributed by atoms with Crippen LogP contribution in [0.2, 0.25) is 0 Å². The molecule has 1 aliphatic rings. The van der Waals surface area contributed by atoms with Gasteiger partial charge in [-0.3, -0.25) is 14.5 Å². The highest BCUT2D eigenvalue weighted by Crippen LogP contribution is 2.28. The molecule has 1 atom stereocenters. The molecule has 1 unspecified atom stereocenters. The first-order valence-electron chi connectivity index (χ1n) is 12.7. The summed E-state index contributed by atoms with van der Waals surface area (Å²) in [5, 5.41) is 11.4. The van der Waals surface area contributed by atoms with Gasteiger partial charge in [-0.1, -0.05) is 24.3 Å². The highest BCUT2D eigenvalue weighted by molar-refractivity contribution is 7.94. The van der Waals surface area contributed by atoms with Crippen LogP contribution < -0.4 is 20.1 Å². The molecule has 0 amide bonds. The van der Waals surface area contributed by atoms with E-state index in [2.05, 4.69) is 5.32 Å². The van der Waals surface area contributed by atoms with Crippen molar-refractivity contribution in [3.05, 3.63) is 71.8 Å². The molecule has 4 rings (SSSR count). The fourth-order valence-electron chi connectivity index (χ4n) is 4.42. The molecule has 1 aliphatic heterocycles. The van der Waals surface area contributed by atoms with Gasteiger partial charge in [-0.25, -0.2) is 8.42 Å². The van der Waals surface area contributed by atoms with Crippen molar-refractivity contribution in [2.24, 2.45) is 5.73 Å². The van der Waals surface area contributed by atoms with Crippen LogP contribution >= 0.6 is 24.8 Å². The lowest BCUT2D eigenvalue weighted by atomic mass is 10.0. The number of carbonyl (C=O) groups excluding carboxylic acids is 1. The zero-order chi connectivity index (χ0) is 27.3. The van der Waals surface area contributed by atoms with Crippen molar-refractivity contribution in [3.8, 4) is 5.75 Å². The van der Waals surface area contributed by atoms with E-state index in [9.17, 15) is 13.2 Å². The smallest absolute Gasteiger partial charge is 0.325 e. The van der Waals surface area contributed by atoms with E-state index in [0.29, 0.717) is 22.6 Å². The molecule has 0 aliphatic carbocycles. The molecule has 9 nitrogen and oxygen atoms in total. The van der Waals surface area contributed by atoms with Gasteiger partial charge >= 0.3 is 5.97 Å². The van der Waals surface area contributed by atoms with Crippen LogP contribution in [0.1, 0.15) is 37.8 Å². The van der Waals surface area contributed by atoms with Crippen molar-refractivity contribution >= 4 is 63.1 Å². The molecule has 4 N–H and O–H groups in total. The maximum absolute atomic E-state index is 13.7. The molecule has 1 saturated heterocycles. The normalized spacial score (nSPS) is 14.3. The van der Waals surface area contributed by atoms with Crippen LogP contribution in [0.5, 0.6) is 5.75 Å². The Labute approximate surface area is 247 Å². The minimum absolute atomic E-state index is 0. The first-order valence-corrected chi connectivity index (χ1v) is 14.2. The molecule has 218 valence electrons. The van der Waals surface area contributed by atoms with Crippen LogP contribution in [0.4, 0.5) is 5.69 Å². The SMILES string of the molecule is CCOC(=O)C(C)S(=O)(=O)N(Cc1ccc2ccc(C(=N)N)cc2c1)c1ccc(OC2CCNCC2)cc1.Cl.Cl. The van der Waals surface area contributed by atoms with Gasteiger partial charge in [0.2, 0.25) is 10.0 Å². The van der Waals surface area contributed by atoms with E-state index in [0.717, 1.165) is 36.7 Å². The number of esters is 1. The van der Waals surface area contributed by atoms with Crippen molar-refractivity contribution in [2.75, 3.05) is 24.0 Å². The van der Waals surface area contributed by atoms with Crippen molar-refractivity contribution < 1.29 is 22.7 Å². The highest BCUT2D eigenvalue weighted by Gasteiger charge is 2.35. The number of nitrogens with two attached hydrogens (primary N) is 1. The molecule has 0 saturated carbocycles. The number of nitrogens with one attached hydrogen (secondary N) is 2. The third-order valence-corrected chi connectivity index (χ3v) is 8.67. The fraction of sp³-hybridized carbons (Fsp3) is 0.357. The van der Waals surface area contributed by atoms with E-state index in [1.165, 1.54) is 11.2 Å². The van der Waals surface area contributed by atoms with Crippen LogP contribution in [0.3, 0.4) is 0 Å². The summed E-state index contributed by atoms with van der Waals surface area (Å²) in [7, 11) is -4.13. The predicted octanol–water partition coefficient (Wildman–Crippen LogP) is 4.39. The first kappa shape index (κ1) is 33.2. The number of halogens is 2. The van der Waals surface area contributed by atoms with Crippen molar-refractivity contribution in [1.29, 1.82) is 5.41 Å². The number of hydrogen-bond acceptors (Lipinski definition) is 7. The molecule has 40 heavy (non-hydrogen) atoms. The number of benzene rings is 3. The van der Waals surface area contributed by atoms with Crippen LogP contribution in [0.15, 0.2) is 60.7 Å². The van der Waals surface area contributed by atoms with Gasteiger partial charge in [0.1, 0.15) is 17.7 Å². The summed E-state index contributed by atoms with van der Waals surface area (Å²) >= 11 is 0. The second kappa shape index (κ2) is 14.5. The minimum atomic E-state index is -4.13. The molecule has 12 heteroatoms. The third kappa shape index (κ3) is 7.78. The van der Waals surface area contributed by atoms with Gasteiger partial charge < -0.3 is 20.5 Å². The van der Waals surface area contributed by atoms with E-state index < -0.39 is 21.2 Å². The summed E-state index contributed by atoms with van der Waals surface area (Å²) in [5.74, 6) is -0.177. The van der Waals surface area contributed by atoms with E-state index in [4.69, 9.17) is 20.6 Å². The number of anilines is 1. The number of ether oxygens (including phenoxy) is 2. The van der Waals surface area contributed by atoms with Crippen LogP contribution in [-0.4, -0.2) is 51.3 Å². The lowest BCUT2D eigenvalue weighted by molar-refractivity contribution is -0.142. The number of piperidine rings is 1. The standard InChI is InChI=1S/C28H34N4O5S.2ClH/c1-3-36-28(33)19(2)38(34,35)32(24-8-10-25(11-9-24)37-26-12-14-31-15-13-26)18-20-4-5-21-6-7-22(27(29)30)17-23(21)16-20;;/h4-11,16-17,19,26,31H,3,12-15,18H2,1-2H3,(H3,29,30);2*1H. The van der Waals surface area contributed by atoms with Crippen LogP contribution in [0, 0.1) is 5.41 Å². The summed E-state index contributed by atoms with van der Waals surface area (Å²) in [6.45, 7) is 4.88. The molecule has 3 aromatic carbocycles. The number of nitrogens with zero attached hydrogens (tertiary/aromatic N) is 1. The van der Waals surface area contributed by atoms with Gasteiger partial charge in [-0.15, -0.1) is 24.8 Å². The van der Waals surface area contributed by atoms with E-state index >= 15 is 0 Å². The average molecular weight is 612 g/mol. The lowest BCUT2D eigenvalue weighted by Gasteiger charge is -2.28. The fourth-order valence-corrected chi connectivity index (χ4v) is 5.86. The third-order valence-electron chi connectivity index (χ3n) is 6.63. The van der Waals surface area contributed by atoms with Gasteiger partial charge in [0, 0.05) is 5.56 Å². The maximum Gasteiger partial charge on any atom is 0.325 e. The molecule has 0 radical (unpaired) electrons. The van der Waals surface area contributed by atoms with E-state index in [1.54, 1.807) is 43.3 Å². The van der Waals surface area contributed by atoms with Gasteiger partial charge in [0.05, 0.1) is 18.8 Å². The molecular formula is C28H36Cl2N4O5S. The second-order valence-corrected chi connectivity index (χ2v) is 11.5. The monoisotopic (exact) mass is 610 g/mol. The quantitative estimate of drug-likeness (QED) is 0.176. The number of sulfonamides is 1. The predicted molar refractivity (Wildman–Crippen MR) is 164 cm³/mol. The Hall–Kier alpha value is -3.05. The zero-order valence-corrected chi connectivity index (χ0v) is 24.9. The minimum Gasteiger partial charge on any atom is -0.490 e. The summed E-state index contributed by atoms with van der Waals surface area (Å²) in [5.41, 5.74) is 7.36. The number of carbonyl (C=O) groups is 1. The molecule has 1 heterocycles. The second-order valence-electron chi connectivity index (χ2n) is 9.32. The van der Waals surface area contributed by atoms with E-state index in [-0.39, 0.29) is 49.9 Å². The average Bonchev–Trinajstić information content (AvgIpc) is 2.92. The number of rotatable bonds is 10. The molecule has 1 fully saturated rings. The zero-order valence-electron chi connectivity index (χ0n) is 22.5. The Morgan fingerprint density at radius 2 is 1.70 bits per heavy atom. The Kier molecular flexibility index (Phi) is 12.1. The van der Waals surface area contributed by atoms with Crippen LogP contribution in [-0.2, 0) is 26.1 Å². The molecule has 3 aromatic rings. The first-order chi connectivity index (χ1) is 18.2. The van der Waals surface area contributed by atoms with Crippen molar-refractivity contribution in [3.63, 3.8) is 0 Å². The topological polar surface area (TPSA) is 135 Å². The Balaban J connectivity index is 0.00000280. The van der Waals surface area contributed by atoms with Gasteiger partial charge in [-0.05, 0) is 92.5 Å². The van der Waals surface area contributed by atoms with Crippen LogP contribution in [0.25, 0.3) is 10.8 Å². The molecule has 0 bridgehead atoms. The largest absolute Gasteiger partial charge is 0.490 e. The number of nitrogen functional groups attached to an aromatic ring is 1. The molecular weight excluding hydrogens is 575 g/mol. The van der Waals surface area contributed by atoms with Crippen molar-refractivity contribution in [2.45, 2.75) is 44.6 Å². The summed E-state index contributed by atoms with van der Waals surface area (Å²) in [6.07, 6.45) is 1.93. The summed E-state index contributed by atoms with van der Waals surface area (Å²) < 4.78 is 39.7. The number of fused-ring (bicyclic) bond motifs is 1. The Morgan fingerprint density at radius 1 is 1.05 bits per heavy atom. The van der Waals surface area contributed by atoms with Gasteiger partial charge in [0.25, 0.3) is 0 Å². The maximum atomic E-state index is 13.7. The van der Waals surface area contributed by atoms with Gasteiger partial charge in [-0.2, -0.15) is 0 Å². The number of amidine groups is 1. The Morgan fingerprint density at radius 3 is 2.33 bits per heavy atom. The number of hydrogen-bond donors (Lipinski definition) is 3. The lowest BCUT2D eigenvalue weighted by Crippen LogP contribution is -2.41.